The number of hydrogen-bond acceptors (Lipinski definition) is 0. The van der Waals surface area contributed by atoms with Crippen LogP contribution in [-0.4, -0.2) is 0 Å². The number of halogens is 2. The maximum Gasteiger partial charge on any atom is 0.0485 e. The molecule has 0 N–H and O–H groups in total. The zero-order valence-electron chi connectivity index (χ0n) is 11.5. The van der Waals surface area contributed by atoms with Gasteiger partial charge in [-0.05, 0) is 44.5 Å². The van der Waals surface area contributed by atoms with Crippen LogP contribution in [0.1, 0.15) is 0 Å². The molecule has 0 bridgehead atoms. The molecular formula is C20H10Cl2. The Balaban J connectivity index is 2.28. The van der Waals surface area contributed by atoms with Crippen LogP contribution in [0, 0.1) is 0 Å². The van der Waals surface area contributed by atoms with Crippen molar-refractivity contribution >= 4 is 66.3 Å². The summed E-state index contributed by atoms with van der Waals surface area (Å²) in [4.78, 5) is 0. The molecule has 0 spiro atoms. The maximum atomic E-state index is 6.42. The third kappa shape index (κ3) is 1.44. The molecule has 0 aromatic heterocycles. The molecule has 0 fully saturated rings. The Labute approximate surface area is 137 Å². The van der Waals surface area contributed by atoms with Crippen molar-refractivity contribution in [3.05, 3.63) is 70.7 Å². The second kappa shape index (κ2) is 4.25. The molecule has 104 valence electrons. The van der Waals surface area contributed by atoms with Gasteiger partial charge in [0.2, 0.25) is 0 Å². The number of benzene rings is 5. The molecular weight excluding hydrogens is 311 g/mol. The Hall–Kier alpha value is -2.02. The summed E-state index contributed by atoms with van der Waals surface area (Å²) < 4.78 is 0. The first-order valence-electron chi connectivity index (χ1n) is 7.19. The average Bonchev–Trinajstić information content (AvgIpc) is 2.56. The van der Waals surface area contributed by atoms with Crippen LogP contribution < -0.4 is 0 Å². The molecule has 2 heteroatoms. The van der Waals surface area contributed by atoms with Crippen LogP contribution in [0.3, 0.4) is 0 Å². The van der Waals surface area contributed by atoms with Crippen LogP contribution in [-0.2, 0) is 0 Å². The van der Waals surface area contributed by atoms with E-state index in [1.54, 1.807) is 0 Å². The number of fused-ring (bicyclic) bond motifs is 2. The van der Waals surface area contributed by atoms with Gasteiger partial charge in [-0.3, -0.25) is 0 Å². The van der Waals surface area contributed by atoms with Crippen molar-refractivity contribution in [2.75, 3.05) is 0 Å². The van der Waals surface area contributed by atoms with E-state index in [4.69, 9.17) is 23.2 Å². The third-order valence-corrected chi connectivity index (χ3v) is 5.21. The Kier molecular flexibility index (Phi) is 2.42. The molecule has 0 atom stereocenters. The van der Waals surface area contributed by atoms with Gasteiger partial charge < -0.3 is 0 Å². The van der Waals surface area contributed by atoms with Crippen LogP contribution in [0.5, 0.6) is 0 Å². The summed E-state index contributed by atoms with van der Waals surface area (Å²) >= 11 is 12.8. The van der Waals surface area contributed by atoms with E-state index in [9.17, 15) is 0 Å². The Morgan fingerprint density at radius 2 is 0.773 bits per heavy atom. The van der Waals surface area contributed by atoms with Crippen molar-refractivity contribution in [2.24, 2.45) is 0 Å². The molecule has 0 unspecified atom stereocenters. The Morgan fingerprint density at radius 3 is 1.23 bits per heavy atom. The van der Waals surface area contributed by atoms with Crippen molar-refractivity contribution in [2.45, 2.75) is 0 Å². The molecule has 0 heterocycles. The summed E-state index contributed by atoms with van der Waals surface area (Å²) in [6, 6.07) is 20.9. The van der Waals surface area contributed by atoms with E-state index in [1.807, 2.05) is 12.1 Å². The summed E-state index contributed by atoms with van der Waals surface area (Å²) in [6.07, 6.45) is 0. The number of hydrogen-bond donors (Lipinski definition) is 0. The average molecular weight is 321 g/mol. The van der Waals surface area contributed by atoms with Crippen LogP contribution in [0.15, 0.2) is 60.7 Å². The monoisotopic (exact) mass is 320 g/mol. The normalized spacial score (nSPS) is 12.1. The molecule has 0 aliphatic carbocycles. The van der Waals surface area contributed by atoms with Crippen LogP contribution in [0.25, 0.3) is 43.1 Å². The highest BCUT2D eigenvalue weighted by Crippen LogP contribution is 2.43. The van der Waals surface area contributed by atoms with E-state index < -0.39 is 0 Å². The Morgan fingerprint density at radius 1 is 0.409 bits per heavy atom. The molecule has 0 amide bonds. The molecule has 0 aliphatic heterocycles. The van der Waals surface area contributed by atoms with Crippen molar-refractivity contribution in [3.8, 4) is 0 Å². The lowest BCUT2D eigenvalue weighted by Crippen LogP contribution is -1.87. The SMILES string of the molecule is Clc1ccc2c3ccc(Cl)c4cccc(c5cccc1c52)c43. The molecule has 0 saturated heterocycles. The van der Waals surface area contributed by atoms with E-state index in [0.29, 0.717) is 0 Å². The van der Waals surface area contributed by atoms with Crippen molar-refractivity contribution < 1.29 is 0 Å². The van der Waals surface area contributed by atoms with Gasteiger partial charge in [-0.15, -0.1) is 0 Å². The highest BCUT2D eigenvalue weighted by Gasteiger charge is 2.14. The Bertz CT molecular complexity index is 1070. The first kappa shape index (κ1) is 12.5. The van der Waals surface area contributed by atoms with Gasteiger partial charge in [-0.25, -0.2) is 0 Å². The van der Waals surface area contributed by atoms with Gasteiger partial charge in [-0.1, -0.05) is 71.7 Å². The molecule has 22 heavy (non-hydrogen) atoms. The molecule has 0 radical (unpaired) electrons. The van der Waals surface area contributed by atoms with E-state index in [0.717, 1.165) is 20.8 Å². The van der Waals surface area contributed by atoms with Crippen molar-refractivity contribution in [1.29, 1.82) is 0 Å². The minimum atomic E-state index is 0.796. The summed E-state index contributed by atoms with van der Waals surface area (Å²) in [6.45, 7) is 0. The summed E-state index contributed by atoms with van der Waals surface area (Å²) in [5.41, 5.74) is 0. The summed E-state index contributed by atoms with van der Waals surface area (Å²) in [7, 11) is 0. The first-order valence-corrected chi connectivity index (χ1v) is 7.94. The lowest BCUT2D eigenvalue weighted by molar-refractivity contribution is 1.78. The van der Waals surface area contributed by atoms with Crippen LogP contribution in [0.2, 0.25) is 10.0 Å². The zero-order valence-corrected chi connectivity index (χ0v) is 13.0. The van der Waals surface area contributed by atoms with Gasteiger partial charge in [-0.2, -0.15) is 0 Å². The summed E-state index contributed by atoms with van der Waals surface area (Å²) in [5.74, 6) is 0. The lowest BCUT2D eigenvalue weighted by Gasteiger charge is -2.15. The zero-order chi connectivity index (χ0) is 14.8. The minimum Gasteiger partial charge on any atom is -0.0837 e. The van der Waals surface area contributed by atoms with E-state index in [2.05, 4.69) is 48.5 Å². The standard InChI is InChI=1S/C20H10Cl2/c21-17-9-7-13-14-8-10-18(22)16-6-2-4-12(20(14)16)11-3-1-5-15(17)19(11)13/h1-10H. The van der Waals surface area contributed by atoms with Gasteiger partial charge >= 0.3 is 0 Å². The number of rotatable bonds is 0. The molecule has 0 aliphatic rings. The molecule has 0 nitrogen and oxygen atoms in total. The van der Waals surface area contributed by atoms with Gasteiger partial charge in [0.05, 0.1) is 0 Å². The van der Waals surface area contributed by atoms with Gasteiger partial charge in [0.25, 0.3) is 0 Å². The lowest BCUT2D eigenvalue weighted by atomic mass is 9.90. The van der Waals surface area contributed by atoms with E-state index in [1.165, 1.54) is 32.3 Å². The van der Waals surface area contributed by atoms with Crippen molar-refractivity contribution in [1.82, 2.24) is 0 Å². The predicted molar refractivity (Wildman–Crippen MR) is 97.7 cm³/mol. The molecule has 5 aromatic rings. The van der Waals surface area contributed by atoms with Gasteiger partial charge in [0.1, 0.15) is 0 Å². The van der Waals surface area contributed by atoms with Gasteiger partial charge in [0.15, 0.2) is 0 Å². The van der Waals surface area contributed by atoms with Crippen LogP contribution >= 0.6 is 23.2 Å². The third-order valence-electron chi connectivity index (χ3n) is 4.56. The smallest absolute Gasteiger partial charge is 0.0485 e. The quantitative estimate of drug-likeness (QED) is 0.212. The summed E-state index contributed by atoms with van der Waals surface area (Å²) in [5, 5.41) is 11.2. The topological polar surface area (TPSA) is 0 Å². The maximum absolute atomic E-state index is 6.42. The fourth-order valence-corrected chi connectivity index (χ4v) is 4.08. The molecule has 5 aromatic carbocycles. The predicted octanol–water partition coefficient (Wildman–Crippen LogP) is 7.04. The molecule has 0 saturated carbocycles. The van der Waals surface area contributed by atoms with Gasteiger partial charge in [0, 0.05) is 20.8 Å². The van der Waals surface area contributed by atoms with Crippen LogP contribution in [0.4, 0.5) is 0 Å². The minimum absolute atomic E-state index is 0.796. The van der Waals surface area contributed by atoms with E-state index in [-0.39, 0.29) is 0 Å². The second-order valence-corrected chi connectivity index (χ2v) is 6.46. The highest BCUT2D eigenvalue weighted by atomic mass is 35.5. The largest absolute Gasteiger partial charge is 0.0837 e. The molecule has 5 rings (SSSR count). The van der Waals surface area contributed by atoms with Crippen molar-refractivity contribution in [3.63, 3.8) is 0 Å². The first-order chi connectivity index (χ1) is 10.8. The fraction of sp³-hybridized carbons (Fsp3) is 0. The fourth-order valence-electron chi connectivity index (χ4n) is 3.64. The second-order valence-electron chi connectivity index (χ2n) is 5.65. The van der Waals surface area contributed by atoms with E-state index >= 15 is 0 Å². The highest BCUT2D eigenvalue weighted by molar-refractivity contribution is 6.43.